The zero-order chi connectivity index (χ0) is 20.1. The predicted octanol–water partition coefficient (Wildman–Crippen LogP) is 3.41. The van der Waals surface area contributed by atoms with Gasteiger partial charge >= 0.3 is 0 Å². The van der Waals surface area contributed by atoms with Gasteiger partial charge < -0.3 is 5.32 Å². The molecule has 6 nitrogen and oxygen atoms in total. The standard InChI is InChI=1S/C19H16FN3O3S2/c1-27-17-13(6-4-8-22-17)16(24)21-9-10-23-18(25)15(28-19(23)26)11-12-5-2-3-7-14(12)20/h2-8,11H,9-10H2,1H3,(H,21,24)/b15-11-. The summed E-state index contributed by atoms with van der Waals surface area (Å²) in [5.41, 5.74) is 0.672. The number of pyridine rings is 1. The molecule has 0 aliphatic carbocycles. The third-order valence-corrected chi connectivity index (χ3v) is 5.51. The second-order valence-electron chi connectivity index (χ2n) is 5.67. The average molecular weight is 417 g/mol. The van der Waals surface area contributed by atoms with Crippen molar-refractivity contribution in [2.45, 2.75) is 5.03 Å². The largest absolute Gasteiger partial charge is 0.350 e. The van der Waals surface area contributed by atoms with Crippen LogP contribution in [0.4, 0.5) is 9.18 Å². The summed E-state index contributed by atoms with van der Waals surface area (Å²) >= 11 is 2.11. The van der Waals surface area contributed by atoms with E-state index in [1.165, 1.54) is 30.0 Å². The Labute approximate surface area is 169 Å². The molecule has 0 saturated carbocycles. The van der Waals surface area contributed by atoms with Crippen molar-refractivity contribution in [1.29, 1.82) is 0 Å². The number of carbonyl (C=O) groups excluding carboxylic acids is 3. The smallest absolute Gasteiger partial charge is 0.293 e. The van der Waals surface area contributed by atoms with Gasteiger partial charge in [0, 0.05) is 24.8 Å². The van der Waals surface area contributed by atoms with Crippen LogP contribution in [0.2, 0.25) is 0 Å². The van der Waals surface area contributed by atoms with Crippen LogP contribution in [0, 0.1) is 5.82 Å². The molecule has 1 saturated heterocycles. The summed E-state index contributed by atoms with van der Waals surface area (Å²) in [4.78, 5) is 42.2. The molecule has 28 heavy (non-hydrogen) atoms. The van der Waals surface area contributed by atoms with E-state index in [-0.39, 0.29) is 29.5 Å². The van der Waals surface area contributed by atoms with Crippen LogP contribution in [0.15, 0.2) is 52.5 Å². The van der Waals surface area contributed by atoms with E-state index in [4.69, 9.17) is 0 Å². The first-order valence-corrected chi connectivity index (χ1v) is 10.3. The van der Waals surface area contributed by atoms with E-state index in [1.807, 2.05) is 6.26 Å². The van der Waals surface area contributed by atoms with E-state index in [0.717, 1.165) is 16.7 Å². The predicted molar refractivity (Wildman–Crippen MR) is 107 cm³/mol. The summed E-state index contributed by atoms with van der Waals surface area (Å²) in [5.74, 6) is -1.30. The van der Waals surface area contributed by atoms with Gasteiger partial charge in [0.05, 0.1) is 10.5 Å². The maximum atomic E-state index is 13.8. The van der Waals surface area contributed by atoms with Crippen molar-refractivity contribution in [2.24, 2.45) is 0 Å². The second kappa shape index (κ2) is 9.03. The monoisotopic (exact) mass is 417 g/mol. The number of benzene rings is 1. The number of hydrogen-bond donors (Lipinski definition) is 1. The zero-order valence-electron chi connectivity index (χ0n) is 14.8. The molecule has 3 rings (SSSR count). The molecule has 0 unspecified atom stereocenters. The number of nitrogens with zero attached hydrogens (tertiary/aromatic N) is 2. The molecule has 9 heteroatoms. The molecule has 144 valence electrons. The SMILES string of the molecule is CSc1ncccc1C(=O)NCCN1C(=O)S/C(=C\c2ccccc2F)C1=O. The minimum Gasteiger partial charge on any atom is -0.350 e. The lowest BCUT2D eigenvalue weighted by Gasteiger charge is -2.13. The first-order chi connectivity index (χ1) is 13.5. The number of carbonyl (C=O) groups is 3. The zero-order valence-corrected chi connectivity index (χ0v) is 16.5. The summed E-state index contributed by atoms with van der Waals surface area (Å²) in [6.07, 6.45) is 4.78. The molecule has 1 aromatic carbocycles. The van der Waals surface area contributed by atoms with E-state index in [2.05, 4.69) is 10.3 Å². The van der Waals surface area contributed by atoms with Crippen LogP contribution in [-0.2, 0) is 4.79 Å². The Morgan fingerprint density at radius 1 is 1.29 bits per heavy atom. The summed E-state index contributed by atoms with van der Waals surface area (Å²) in [7, 11) is 0. The van der Waals surface area contributed by atoms with Gasteiger partial charge in [-0.25, -0.2) is 9.37 Å². The molecule has 1 aliphatic rings. The molecule has 1 fully saturated rings. The van der Waals surface area contributed by atoms with Crippen molar-refractivity contribution in [1.82, 2.24) is 15.2 Å². The highest BCUT2D eigenvalue weighted by molar-refractivity contribution is 8.18. The number of hydrogen-bond acceptors (Lipinski definition) is 6. The maximum absolute atomic E-state index is 13.8. The van der Waals surface area contributed by atoms with Crippen LogP contribution in [0.25, 0.3) is 6.08 Å². The fourth-order valence-electron chi connectivity index (χ4n) is 2.53. The number of aromatic nitrogens is 1. The van der Waals surface area contributed by atoms with Crippen molar-refractivity contribution in [3.8, 4) is 0 Å². The first kappa shape index (κ1) is 20.1. The normalized spacial score (nSPS) is 15.4. The Morgan fingerprint density at radius 3 is 2.82 bits per heavy atom. The molecule has 1 aromatic heterocycles. The van der Waals surface area contributed by atoms with Crippen molar-refractivity contribution in [3.63, 3.8) is 0 Å². The molecular weight excluding hydrogens is 401 g/mol. The fourth-order valence-corrected chi connectivity index (χ4v) is 3.93. The average Bonchev–Trinajstić information content (AvgIpc) is 2.97. The number of imide groups is 1. The van der Waals surface area contributed by atoms with Gasteiger partial charge in [-0.1, -0.05) is 18.2 Å². The van der Waals surface area contributed by atoms with Crippen LogP contribution in [0.1, 0.15) is 15.9 Å². The quantitative estimate of drug-likeness (QED) is 0.573. The highest BCUT2D eigenvalue weighted by Gasteiger charge is 2.34. The van der Waals surface area contributed by atoms with Crippen LogP contribution in [0.5, 0.6) is 0 Å². The molecule has 0 atom stereocenters. The number of thioether (sulfide) groups is 2. The summed E-state index contributed by atoms with van der Waals surface area (Å²) in [6.45, 7) is 0.131. The Kier molecular flexibility index (Phi) is 6.48. The van der Waals surface area contributed by atoms with E-state index in [9.17, 15) is 18.8 Å². The Balaban J connectivity index is 1.62. The molecule has 3 amide bonds. The second-order valence-corrected chi connectivity index (χ2v) is 7.46. The first-order valence-electron chi connectivity index (χ1n) is 8.28. The third kappa shape index (κ3) is 4.42. The van der Waals surface area contributed by atoms with E-state index < -0.39 is 17.0 Å². The van der Waals surface area contributed by atoms with Crippen LogP contribution in [0.3, 0.4) is 0 Å². The molecule has 2 heterocycles. The third-order valence-electron chi connectivity index (χ3n) is 3.90. The molecule has 2 aromatic rings. The molecule has 0 radical (unpaired) electrons. The van der Waals surface area contributed by atoms with Gasteiger partial charge in [-0.15, -0.1) is 11.8 Å². The van der Waals surface area contributed by atoms with Gasteiger partial charge in [-0.05, 0) is 42.3 Å². The topological polar surface area (TPSA) is 79.4 Å². The molecule has 1 aliphatic heterocycles. The van der Waals surface area contributed by atoms with Crippen molar-refractivity contribution in [2.75, 3.05) is 19.3 Å². The minimum atomic E-state index is -0.501. The lowest BCUT2D eigenvalue weighted by Crippen LogP contribution is -2.37. The highest BCUT2D eigenvalue weighted by Crippen LogP contribution is 2.32. The fraction of sp³-hybridized carbons (Fsp3) is 0.158. The van der Waals surface area contributed by atoms with E-state index >= 15 is 0 Å². The lowest BCUT2D eigenvalue weighted by molar-refractivity contribution is -0.122. The van der Waals surface area contributed by atoms with Crippen molar-refractivity contribution in [3.05, 3.63) is 64.4 Å². The number of amides is 3. The van der Waals surface area contributed by atoms with Crippen LogP contribution >= 0.6 is 23.5 Å². The Hall–Kier alpha value is -2.65. The van der Waals surface area contributed by atoms with Crippen LogP contribution < -0.4 is 5.32 Å². The minimum absolute atomic E-state index is 0.0277. The summed E-state index contributed by atoms with van der Waals surface area (Å²) in [5, 5.41) is 2.83. The van der Waals surface area contributed by atoms with Gasteiger partial charge in [-0.3, -0.25) is 19.3 Å². The Morgan fingerprint density at radius 2 is 2.07 bits per heavy atom. The molecular formula is C19H16FN3O3S2. The summed E-state index contributed by atoms with van der Waals surface area (Å²) < 4.78 is 13.8. The van der Waals surface area contributed by atoms with Gasteiger partial charge in [-0.2, -0.15) is 0 Å². The van der Waals surface area contributed by atoms with Gasteiger partial charge in [0.25, 0.3) is 17.1 Å². The van der Waals surface area contributed by atoms with Gasteiger partial charge in [0.2, 0.25) is 0 Å². The van der Waals surface area contributed by atoms with E-state index in [1.54, 1.807) is 30.5 Å². The molecule has 1 N–H and O–H groups in total. The van der Waals surface area contributed by atoms with Gasteiger partial charge in [0.15, 0.2) is 0 Å². The lowest BCUT2D eigenvalue weighted by atomic mass is 10.2. The number of halogens is 1. The molecule has 0 spiro atoms. The Bertz CT molecular complexity index is 965. The molecule has 0 bridgehead atoms. The number of rotatable bonds is 6. The van der Waals surface area contributed by atoms with Gasteiger partial charge in [0.1, 0.15) is 10.8 Å². The number of nitrogens with one attached hydrogen (secondary N) is 1. The maximum Gasteiger partial charge on any atom is 0.293 e. The summed E-state index contributed by atoms with van der Waals surface area (Å²) in [6, 6.07) is 9.33. The van der Waals surface area contributed by atoms with Crippen molar-refractivity contribution >= 4 is 46.7 Å². The van der Waals surface area contributed by atoms with Crippen molar-refractivity contribution < 1.29 is 18.8 Å². The van der Waals surface area contributed by atoms with Crippen LogP contribution in [-0.4, -0.2) is 46.3 Å². The highest BCUT2D eigenvalue weighted by atomic mass is 32.2. The van der Waals surface area contributed by atoms with E-state index in [0.29, 0.717) is 10.6 Å².